The molecule has 0 radical (unpaired) electrons. The predicted molar refractivity (Wildman–Crippen MR) is 105 cm³/mol. The Bertz CT molecular complexity index is 1130. The number of nitrogens with zero attached hydrogens (tertiary/aromatic N) is 1. The maximum atomic E-state index is 13.7. The van der Waals surface area contributed by atoms with Crippen molar-refractivity contribution in [2.45, 2.75) is 13.1 Å². The Morgan fingerprint density at radius 1 is 1.22 bits per heavy atom. The van der Waals surface area contributed by atoms with Gasteiger partial charge in [-0.3, -0.25) is 14.3 Å². The average Bonchev–Trinajstić information content (AvgIpc) is 2.64. The lowest BCUT2D eigenvalue weighted by atomic mass is 10.1. The monoisotopic (exact) mass is 403 g/mol. The summed E-state index contributed by atoms with van der Waals surface area (Å²) in [6.07, 6.45) is 0. The first-order chi connectivity index (χ1) is 13.0. The van der Waals surface area contributed by atoms with E-state index in [1.807, 2.05) is 24.3 Å². The lowest BCUT2D eigenvalue weighted by Crippen LogP contribution is -3.11. The molecule has 0 saturated carbocycles. The number of hydrogen-bond acceptors (Lipinski definition) is 3. The zero-order chi connectivity index (χ0) is 19.0. The van der Waals surface area contributed by atoms with Crippen LogP contribution in [0.5, 0.6) is 0 Å². The fraction of sp³-hybridized carbons (Fsp3) is 0.158. The quantitative estimate of drug-likeness (QED) is 0.589. The van der Waals surface area contributed by atoms with E-state index in [1.165, 1.54) is 12.1 Å². The fourth-order valence-electron chi connectivity index (χ4n) is 3.34. The van der Waals surface area contributed by atoms with Crippen molar-refractivity contribution >= 4 is 29.6 Å². The number of hydrogen-bond donors (Lipinski definition) is 3. The molecule has 5 nitrogen and oxygen atoms in total. The summed E-state index contributed by atoms with van der Waals surface area (Å²) in [5.74, 6) is 0.244. The molecule has 3 aromatic rings. The minimum atomic E-state index is -0.365. The van der Waals surface area contributed by atoms with Gasteiger partial charge >= 0.3 is 0 Å². The molecule has 27 heavy (non-hydrogen) atoms. The van der Waals surface area contributed by atoms with Crippen LogP contribution in [0.15, 0.2) is 53.3 Å². The van der Waals surface area contributed by atoms with Gasteiger partial charge in [-0.2, -0.15) is 0 Å². The molecule has 0 spiro atoms. The highest BCUT2D eigenvalue weighted by Gasteiger charge is 2.26. The van der Waals surface area contributed by atoms with Crippen LogP contribution in [0, 0.1) is 10.6 Å². The smallest absolute Gasteiger partial charge is 0.262 e. The second-order valence-electron chi connectivity index (χ2n) is 6.45. The fourth-order valence-corrected chi connectivity index (χ4v) is 3.83. The van der Waals surface area contributed by atoms with Crippen LogP contribution in [-0.2, 0) is 13.1 Å². The van der Waals surface area contributed by atoms with Crippen molar-refractivity contribution in [3.05, 3.63) is 85.6 Å². The van der Waals surface area contributed by atoms with Gasteiger partial charge in [-0.25, -0.2) is 4.39 Å². The molecule has 0 amide bonds. The summed E-state index contributed by atoms with van der Waals surface area (Å²) in [6, 6.07) is 13.8. The van der Waals surface area contributed by atoms with Crippen LogP contribution in [0.4, 0.5) is 10.2 Å². The van der Waals surface area contributed by atoms with E-state index in [0.717, 1.165) is 10.5 Å². The number of H-pyrrole nitrogens is 1. The summed E-state index contributed by atoms with van der Waals surface area (Å²) in [4.78, 5) is 16.4. The van der Waals surface area contributed by atoms with Crippen LogP contribution in [0.2, 0.25) is 5.02 Å². The lowest BCUT2D eigenvalue weighted by Gasteiger charge is -2.28. The van der Waals surface area contributed by atoms with Gasteiger partial charge in [-0.15, -0.1) is 0 Å². The van der Waals surface area contributed by atoms with E-state index in [9.17, 15) is 9.18 Å². The molecule has 8 heteroatoms. The molecule has 0 fully saturated rings. The van der Waals surface area contributed by atoms with Crippen molar-refractivity contribution in [3.63, 3.8) is 0 Å². The molecule has 3 N–H and O–H groups in total. The third-order valence-electron chi connectivity index (χ3n) is 4.60. The van der Waals surface area contributed by atoms with E-state index in [2.05, 4.69) is 10.3 Å². The van der Waals surface area contributed by atoms with Gasteiger partial charge in [0.25, 0.3) is 5.56 Å². The topological polar surface area (TPSA) is 54.3 Å². The molecule has 4 rings (SSSR count). The van der Waals surface area contributed by atoms with Crippen LogP contribution >= 0.6 is 23.8 Å². The minimum absolute atomic E-state index is 0.228. The van der Waals surface area contributed by atoms with E-state index < -0.39 is 0 Å². The maximum Gasteiger partial charge on any atom is 0.262 e. The molecule has 2 heterocycles. The highest BCUT2D eigenvalue weighted by atomic mass is 35.5. The predicted octanol–water partition coefficient (Wildman–Crippen LogP) is 2.66. The molecule has 1 aliphatic heterocycles. The van der Waals surface area contributed by atoms with Crippen molar-refractivity contribution in [3.8, 4) is 5.69 Å². The molecule has 2 aromatic carbocycles. The van der Waals surface area contributed by atoms with E-state index >= 15 is 0 Å². The van der Waals surface area contributed by atoms with E-state index in [4.69, 9.17) is 23.8 Å². The SMILES string of the molecule is O=c1[nH]c(=S)n(-c2cccc(F)c2)c2c1C[NH+](Cc1ccccc1Cl)CN2. The van der Waals surface area contributed by atoms with E-state index in [-0.39, 0.29) is 16.1 Å². The Hall–Kier alpha value is -2.48. The molecule has 0 aliphatic carbocycles. The highest BCUT2D eigenvalue weighted by molar-refractivity contribution is 7.71. The van der Waals surface area contributed by atoms with Gasteiger partial charge in [0.1, 0.15) is 30.3 Å². The summed E-state index contributed by atoms with van der Waals surface area (Å²) < 4.78 is 15.6. The third-order valence-corrected chi connectivity index (χ3v) is 5.26. The molecule has 1 atom stereocenters. The van der Waals surface area contributed by atoms with Crippen LogP contribution < -0.4 is 15.8 Å². The molecular formula is C19H17ClFN4OS+. The number of nitrogens with one attached hydrogen (secondary N) is 3. The van der Waals surface area contributed by atoms with Gasteiger partial charge in [0.05, 0.1) is 5.69 Å². The molecule has 0 bridgehead atoms. The molecule has 1 aliphatic rings. The number of rotatable bonds is 3. The van der Waals surface area contributed by atoms with Crippen LogP contribution in [0.1, 0.15) is 11.1 Å². The number of aromatic amines is 1. The van der Waals surface area contributed by atoms with Crippen molar-refractivity contribution in [1.82, 2.24) is 9.55 Å². The summed E-state index contributed by atoms with van der Waals surface area (Å²) in [5.41, 5.74) is 1.94. The summed E-state index contributed by atoms with van der Waals surface area (Å²) >= 11 is 11.6. The van der Waals surface area contributed by atoms with E-state index in [1.54, 1.807) is 16.7 Å². The summed E-state index contributed by atoms with van der Waals surface area (Å²) in [5, 5.41) is 4.00. The van der Waals surface area contributed by atoms with Crippen LogP contribution in [-0.4, -0.2) is 16.2 Å². The standard InChI is InChI=1S/C19H16ClFN4OS/c20-16-7-2-1-4-12(16)9-24-10-15-17(22-11-24)25(19(27)23-18(15)26)14-6-3-5-13(21)8-14/h1-8,22H,9-11H2,(H,23,26,27)/p+1. The maximum absolute atomic E-state index is 13.7. The first-order valence-corrected chi connectivity index (χ1v) is 9.26. The average molecular weight is 404 g/mol. The van der Waals surface area contributed by atoms with Gasteiger partial charge in [0, 0.05) is 10.6 Å². The highest BCUT2D eigenvalue weighted by Crippen LogP contribution is 2.20. The normalized spacial score (nSPS) is 15.9. The molecule has 138 valence electrons. The van der Waals surface area contributed by atoms with Crippen LogP contribution in [0.3, 0.4) is 0 Å². The van der Waals surface area contributed by atoms with Crippen molar-refractivity contribution in [2.24, 2.45) is 0 Å². The summed E-state index contributed by atoms with van der Waals surface area (Å²) in [7, 11) is 0. The Balaban J connectivity index is 1.72. The molecular weight excluding hydrogens is 387 g/mol. The molecule has 1 aromatic heterocycles. The first-order valence-electron chi connectivity index (χ1n) is 8.48. The number of fused-ring (bicyclic) bond motifs is 1. The zero-order valence-corrected chi connectivity index (χ0v) is 15.8. The number of benzene rings is 2. The Labute approximate surface area is 165 Å². The number of halogens is 2. The zero-order valence-electron chi connectivity index (χ0n) is 14.3. The Morgan fingerprint density at radius 3 is 2.81 bits per heavy atom. The van der Waals surface area contributed by atoms with E-state index in [0.29, 0.717) is 41.8 Å². The molecule has 0 saturated heterocycles. The van der Waals surface area contributed by atoms with Crippen molar-refractivity contribution in [1.29, 1.82) is 0 Å². The minimum Gasteiger partial charge on any atom is -0.324 e. The Morgan fingerprint density at radius 2 is 2.04 bits per heavy atom. The van der Waals surface area contributed by atoms with Gasteiger partial charge in [0.2, 0.25) is 0 Å². The first kappa shape index (κ1) is 17.9. The lowest BCUT2D eigenvalue weighted by molar-refractivity contribution is -0.926. The number of quaternary nitrogens is 1. The Kier molecular flexibility index (Phi) is 4.82. The second kappa shape index (κ2) is 7.26. The largest absolute Gasteiger partial charge is 0.324 e. The number of anilines is 1. The second-order valence-corrected chi connectivity index (χ2v) is 7.24. The molecule has 1 unspecified atom stereocenters. The van der Waals surface area contributed by atoms with Gasteiger partial charge in [-0.05, 0) is 36.5 Å². The van der Waals surface area contributed by atoms with Gasteiger partial charge in [-0.1, -0.05) is 35.9 Å². The third kappa shape index (κ3) is 3.53. The van der Waals surface area contributed by atoms with Crippen molar-refractivity contribution in [2.75, 3.05) is 12.0 Å². The van der Waals surface area contributed by atoms with Gasteiger partial charge in [0.15, 0.2) is 11.4 Å². The van der Waals surface area contributed by atoms with Crippen molar-refractivity contribution < 1.29 is 9.29 Å². The van der Waals surface area contributed by atoms with Crippen LogP contribution in [0.25, 0.3) is 5.69 Å². The van der Waals surface area contributed by atoms with Gasteiger partial charge < -0.3 is 10.2 Å². The summed E-state index contributed by atoms with van der Waals surface area (Å²) in [6.45, 7) is 1.78. The number of aromatic nitrogens is 2.